The monoisotopic (exact) mass is 574 g/mol. The molecule has 2 aromatic heterocycles. The van der Waals surface area contributed by atoms with Crippen molar-refractivity contribution in [1.82, 2.24) is 30.4 Å². The molecule has 0 bridgehead atoms. The fraction of sp³-hybridized carbons (Fsp3) is 0.345. The van der Waals surface area contributed by atoms with Gasteiger partial charge >= 0.3 is 0 Å². The molecule has 0 aliphatic carbocycles. The van der Waals surface area contributed by atoms with Crippen LogP contribution in [0.4, 0.5) is 0 Å². The molecule has 13 heteroatoms. The maximum absolute atomic E-state index is 14.0. The van der Waals surface area contributed by atoms with Crippen LogP contribution in [0, 0.1) is 0 Å². The fourth-order valence-electron chi connectivity index (χ4n) is 4.92. The van der Waals surface area contributed by atoms with Crippen LogP contribution in [0.2, 0.25) is 0 Å². The molecule has 0 radical (unpaired) electrons. The number of furan rings is 1. The zero-order valence-electron chi connectivity index (χ0n) is 23.0. The number of ether oxygens (including phenoxy) is 4. The first-order chi connectivity index (χ1) is 20.6. The molecule has 1 fully saturated rings. The Bertz CT molecular complexity index is 1520. The number of carbonyl (C=O) groups excluding carboxylic acids is 2. The number of amides is 2. The van der Waals surface area contributed by atoms with Crippen molar-refractivity contribution in [3.05, 3.63) is 72.2 Å². The van der Waals surface area contributed by atoms with E-state index in [2.05, 4.69) is 20.7 Å². The van der Waals surface area contributed by atoms with Crippen LogP contribution < -0.4 is 19.5 Å². The van der Waals surface area contributed by atoms with Gasteiger partial charge < -0.3 is 33.6 Å². The first kappa shape index (κ1) is 27.3. The summed E-state index contributed by atoms with van der Waals surface area (Å²) in [5.74, 6) is 1.75. The lowest BCUT2D eigenvalue weighted by Gasteiger charge is -2.30. The molecular weight excluding hydrogens is 544 g/mol. The molecule has 0 spiro atoms. The van der Waals surface area contributed by atoms with Gasteiger partial charge in [-0.1, -0.05) is 6.07 Å². The molecule has 2 amide bonds. The average molecular weight is 575 g/mol. The van der Waals surface area contributed by atoms with Gasteiger partial charge in [0, 0.05) is 25.3 Å². The summed E-state index contributed by atoms with van der Waals surface area (Å²) in [4.78, 5) is 30.3. The number of tetrazole rings is 1. The maximum Gasteiger partial charge on any atom is 0.250 e. The van der Waals surface area contributed by atoms with Gasteiger partial charge in [0.05, 0.1) is 19.5 Å². The maximum atomic E-state index is 14.0. The number of nitrogens with zero attached hydrogens (tertiary/aromatic N) is 5. The average Bonchev–Trinajstić information content (AvgIpc) is 3.84. The summed E-state index contributed by atoms with van der Waals surface area (Å²) in [5, 5.41) is 15.5. The van der Waals surface area contributed by atoms with Crippen molar-refractivity contribution in [2.24, 2.45) is 0 Å². The van der Waals surface area contributed by atoms with E-state index in [4.69, 9.17) is 23.4 Å². The van der Waals surface area contributed by atoms with E-state index < -0.39 is 11.9 Å². The Morgan fingerprint density at radius 2 is 2.00 bits per heavy atom. The van der Waals surface area contributed by atoms with E-state index in [1.165, 1.54) is 16.0 Å². The molecule has 4 aromatic rings. The van der Waals surface area contributed by atoms with Crippen LogP contribution in [0.1, 0.15) is 30.2 Å². The molecular formula is C29H30N6O7. The highest BCUT2D eigenvalue weighted by atomic mass is 16.7. The van der Waals surface area contributed by atoms with Crippen LogP contribution >= 0.6 is 0 Å². The zero-order chi connectivity index (χ0) is 28.9. The number of aromatic nitrogens is 4. The van der Waals surface area contributed by atoms with E-state index in [1.807, 2.05) is 6.07 Å². The summed E-state index contributed by atoms with van der Waals surface area (Å²) in [5.41, 5.74) is 1.45. The third-order valence-electron chi connectivity index (χ3n) is 7.09. The van der Waals surface area contributed by atoms with Gasteiger partial charge in [0.2, 0.25) is 18.5 Å². The normalized spacial score (nSPS) is 16.3. The summed E-state index contributed by atoms with van der Waals surface area (Å²) in [6, 6.07) is 14.9. The number of fused-ring (bicyclic) bond motifs is 1. The third-order valence-corrected chi connectivity index (χ3v) is 7.09. The third kappa shape index (κ3) is 6.05. The fourth-order valence-corrected chi connectivity index (χ4v) is 4.92. The molecule has 6 rings (SSSR count). The Hall–Kier alpha value is -4.91. The van der Waals surface area contributed by atoms with Crippen LogP contribution in [0.15, 0.2) is 65.3 Å². The Kier molecular flexibility index (Phi) is 7.99. The predicted molar refractivity (Wildman–Crippen MR) is 146 cm³/mol. The summed E-state index contributed by atoms with van der Waals surface area (Å²) >= 11 is 0. The number of rotatable bonds is 11. The van der Waals surface area contributed by atoms with E-state index in [0.29, 0.717) is 47.5 Å². The van der Waals surface area contributed by atoms with Crippen LogP contribution in [0.3, 0.4) is 0 Å². The highest BCUT2D eigenvalue weighted by Crippen LogP contribution is 2.34. The van der Waals surface area contributed by atoms with Crippen molar-refractivity contribution < 1.29 is 33.0 Å². The predicted octanol–water partition coefficient (Wildman–Crippen LogP) is 2.74. The molecule has 13 nitrogen and oxygen atoms in total. The van der Waals surface area contributed by atoms with Gasteiger partial charge in [-0.3, -0.25) is 9.59 Å². The van der Waals surface area contributed by atoms with E-state index in [1.54, 1.807) is 55.6 Å². The Morgan fingerprint density at radius 3 is 2.76 bits per heavy atom. The van der Waals surface area contributed by atoms with E-state index in [0.717, 1.165) is 18.4 Å². The lowest BCUT2D eigenvalue weighted by Crippen LogP contribution is -2.46. The molecule has 0 saturated carbocycles. The molecule has 2 aliphatic rings. The lowest BCUT2D eigenvalue weighted by molar-refractivity contribution is -0.143. The van der Waals surface area contributed by atoms with Gasteiger partial charge in [0.1, 0.15) is 18.1 Å². The lowest BCUT2D eigenvalue weighted by atomic mass is 10.1. The molecule has 2 aliphatic heterocycles. The van der Waals surface area contributed by atoms with Gasteiger partial charge in [-0.15, -0.1) is 10.2 Å². The standard InChI is InChI=1S/C29H30N6O7/c1-38-21-9-7-20(8-10-21)28-31-33-35(32-28)17-26(36)34(16-19-6-11-23-25(14-19)42-18-41-23)27(24-5-3-13-40-24)29(37)30-15-22-4-2-12-39-22/h3,5-11,13-14,22,27H,2,4,12,15-18H2,1H3,(H,30,37)/t22-,27-/m1/s1. The van der Waals surface area contributed by atoms with Gasteiger partial charge in [-0.05, 0) is 72.1 Å². The highest BCUT2D eigenvalue weighted by Gasteiger charge is 2.35. The minimum absolute atomic E-state index is 0.0695. The second-order valence-electron chi connectivity index (χ2n) is 9.88. The first-order valence-corrected chi connectivity index (χ1v) is 13.6. The highest BCUT2D eigenvalue weighted by molar-refractivity contribution is 5.88. The summed E-state index contributed by atoms with van der Waals surface area (Å²) in [6.07, 6.45) is 3.21. The number of benzene rings is 2. The van der Waals surface area contributed by atoms with Crippen molar-refractivity contribution in [3.63, 3.8) is 0 Å². The number of methoxy groups -OCH3 is 1. The Balaban J connectivity index is 1.27. The van der Waals surface area contributed by atoms with Crippen LogP contribution in [0.5, 0.6) is 17.2 Å². The minimum Gasteiger partial charge on any atom is -0.497 e. The topological polar surface area (TPSA) is 143 Å². The number of hydrogen-bond donors (Lipinski definition) is 1. The van der Waals surface area contributed by atoms with E-state index in [9.17, 15) is 9.59 Å². The Labute approximate surface area is 241 Å². The van der Waals surface area contributed by atoms with Gasteiger partial charge in [-0.2, -0.15) is 4.80 Å². The van der Waals surface area contributed by atoms with Gasteiger partial charge in [0.25, 0.3) is 5.91 Å². The summed E-state index contributed by atoms with van der Waals surface area (Å²) < 4.78 is 27.5. The van der Waals surface area contributed by atoms with Crippen molar-refractivity contribution in [1.29, 1.82) is 0 Å². The SMILES string of the molecule is COc1ccc(-c2nnn(CC(=O)N(Cc3ccc4c(c3)OCO4)[C@@H](C(=O)NC[C@H]3CCCO3)c3ccco3)n2)cc1. The molecule has 0 unspecified atom stereocenters. The molecule has 2 atom stereocenters. The second-order valence-corrected chi connectivity index (χ2v) is 9.88. The summed E-state index contributed by atoms with van der Waals surface area (Å²) in [7, 11) is 1.59. The molecule has 4 heterocycles. The minimum atomic E-state index is -1.07. The number of nitrogens with one attached hydrogen (secondary N) is 1. The largest absolute Gasteiger partial charge is 0.497 e. The van der Waals surface area contributed by atoms with Gasteiger partial charge in [0.15, 0.2) is 17.5 Å². The summed E-state index contributed by atoms with van der Waals surface area (Å²) in [6.45, 7) is 0.937. The smallest absolute Gasteiger partial charge is 0.250 e. The van der Waals surface area contributed by atoms with E-state index >= 15 is 0 Å². The van der Waals surface area contributed by atoms with Crippen molar-refractivity contribution >= 4 is 11.8 Å². The van der Waals surface area contributed by atoms with Crippen molar-refractivity contribution in [2.45, 2.75) is 38.1 Å². The first-order valence-electron chi connectivity index (χ1n) is 13.6. The number of carbonyl (C=O) groups is 2. The quantitative estimate of drug-likeness (QED) is 0.284. The van der Waals surface area contributed by atoms with Crippen LogP contribution in [-0.2, 0) is 27.4 Å². The van der Waals surface area contributed by atoms with Crippen LogP contribution in [0.25, 0.3) is 11.4 Å². The van der Waals surface area contributed by atoms with Crippen LogP contribution in [-0.4, -0.2) is 70.1 Å². The Morgan fingerprint density at radius 1 is 1.14 bits per heavy atom. The number of hydrogen-bond acceptors (Lipinski definition) is 10. The molecule has 1 N–H and O–H groups in total. The van der Waals surface area contributed by atoms with Gasteiger partial charge in [-0.25, -0.2) is 0 Å². The molecule has 2 aromatic carbocycles. The van der Waals surface area contributed by atoms with Crippen molar-refractivity contribution in [2.75, 3.05) is 27.1 Å². The molecule has 1 saturated heterocycles. The van der Waals surface area contributed by atoms with Crippen molar-refractivity contribution in [3.8, 4) is 28.6 Å². The molecule has 42 heavy (non-hydrogen) atoms. The molecule has 218 valence electrons. The zero-order valence-corrected chi connectivity index (χ0v) is 23.0. The van der Waals surface area contributed by atoms with E-state index in [-0.39, 0.29) is 31.9 Å². The second kappa shape index (κ2) is 12.3.